The maximum atomic E-state index is 14.0. The van der Waals surface area contributed by atoms with Gasteiger partial charge in [0.15, 0.2) is 5.78 Å². The molecule has 0 spiro atoms. The van der Waals surface area contributed by atoms with Crippen molar-refractivity contribution in [2.24, 2.45) is 5.92 Å². The lowest BCUT2D eigenvalue weighted by molar-refractivity contribution is 0.0981. The summed E-state index contributed by atoms with van der Waals surface area (Å²) in [6.07, 6.45) is 2.75. The highest BCUT2D eigenvalue weighted by atomic mass is 32.2. The van der Waals surface area contributed by atoms with Gasteiger partial charge in [0.2, 0.25) is 5.82 Å². The van der Waals surface area contributed by atoms with Crippen molar-refractivity contribution >= 4 is 27.7 Å². The van der Waals surface area contributed by atoms with Crippen LogP contribution in [0.2, 0.25) is 0 Å². The molecule has 0 aliphatic rings. The summed E-state index contributed by atoms with van der Waals surface area (Å²) in [4.78, 5) is 37.8. The second-order valence-corrected chi connectivity index (χ2v) is 10.4. The van der Waals surface area contributed by atoms with Gasteiger partial charge in [-0.25, -0.2) is 23.2 Å². The first-order valence-electron chi connectivity index (χ1n) is 11.8. The van der Waals surface area contributed by atoms with Crippen molar-refractivity contribution in [3.05, 3.63) is 60.0 Å². The summed E-state index contributed by atoms with van der Waals surface area (Å²) < 4.78 is 39.1. The number of ether oxygens (including phenoxy) is 2. The number of carbonyl (C=O) groups is 2. The Bertz CT molecular complexity index is 1370. The molecule has 0 aliphatic heterocycles. The van der Waals surface area contributed by atoms with Gasteiger partial charge >= 0.3 is 6.09 Å². The number of amides is 1. The van der Waals surface area contributed by atoms with Gasteiger partial charge in [-0.15, -0.1) is 4.31 Å². The van der Waals surface area contributed by atoms with Crippen LogP contribution in [-0.2, 0) is 14.8 Å². The van der Waals surface area contributed by atoms with Crippen LogP contribution in [0.4, 0.5) is 10.6 Å². The van der Waals surface area contributed by atoms with Crippen molar-refractivity contribution in [1.82, 2.24) is 15.0 Å². The molecular formula is C26H30N4O6S. The molecule has 196 valence electrons. The Hall–Kier alpha value is -3.86. The van der Waals surface area contributed by atoms with Crippen LogP contribution in [-0.4, -0.2) is 49.0 Å². The number of ketones is 1. The van der Waals surface area contributed by atoms with Crippen molar-refractivity contribution in [2.75, 3.05) is 18.0 Å². The van der Waals surface area contributed by atoms with Gasteiger partial charge in [0.1, 0.15) is 4.90 Å². The van der Waals surface area contributed by atoms with Crippen molar-refractivity contribution in [3.8, 4) is 17.1 Å². The van der Waals surface area contributed by atoms with Gasteiger partial charge in [-0.3, -0.25) is 9.78 Å². The van der Waals surface area contributed by atoms with Crippen LogP contribution in [0.25, 0.3) is 11.3 Å². The maximum absolute atomic E-state index is 14.0. The lowest BCUT2D eigenvalue weighted by Crippen LogP contribution is -2.39. The molecule has 10 nitrogen and oxygen atoms in total. The van der Waals surface area contributed by atoms with E-state index in [1.54, 1.807) is 31.2 Å². The molecule has 0 radical (unpaired) electrons. The molecule has 1 aromatic carbocycles. The zero-order chi connectivity index (χ0) is 27.2. The first kappa shape index (κ1) is 27.7. The van der Waals surface area contributed by atoms with E-state index in [-0.39, 0.29) is 40.6 Å². The summed E-state index contributed by atoms with van der Waals surface area (Å²) in [6.45, 7) is 7.21. The lowest BCUT2D eigenvalue weighted by atomic mass is 10.0. The number of benzene rings is 1. The number of sulfonamides is 1. The summed E-state index contributed by atoms with van der Waals surface area (Å²) in [6, 6.07) is 9.29. The van der Waals surface area contributed by atoms with Gasteiger partial charge in [-0.1, -0.05) is 45.0 Å². The fourth-order valence-corrected chi connectivity index (χ4v) is 4.88. The number of methoxy groups -OCH3 is 1. The Morgan fingerprint density at radius 3 is 2.41 bits per heavy atom. The summed E-state index contributed by atoms with van der Waals surface area (Å²) in [5.74, 6) is -0.541. The van der Waals surface area contributed by atoms with E-state index in [2.05, 4.69) is 15.0 Å². The molecule has 0 unspecified atom stereocenters. The van der Waals surface area contributed by atoms with Crippen LogP contribution in [0, 0.1) is 12.8 Å². The number of hydrogen-bond acceptors (Lipinski definition) is 9. The number of Topliss-reactive ketones (excluding diaryl/α,β-unsaturated/α-hetero) is 1. The minimum atomic E-state index is -4.61. The van der Waals surface area contributed by atoms with E-state index < -0.39 is 16.1 Å². The Morgan fingerprint density at radius 2 is 1.78 bits per heavy atom. The molecule has 0 fully saturated rings. The minimum Gasteiger partial charge on any atom is -0.478 e. The van der Waals surface area contributed by atoms with Gasteiger partial charge in [-0.2, -0.15) is 0 Å². The second-order valence-electron chi connectivity index (χ2n) is 8.69. The predicted octanol–water partition coefficient (Wildman–Crippen LogP) is 4.83. The van der Waals surface area contributed by atoms with Crippen LogP contribution in [0.3, 0.4) is 0 Å². The third-order valence-electron chi connectivity index (χ3n) is 5.18. The average Bonchev–Trinajstić information content (AvgIpc) is 2.88. The van der Waals surface area contributed by atoms with Gasteiger partial charge in [0, 0.05) is 23.7 Å². The zero-order valence-electron chi connectivity index (χ0n) is 21.5. The van der Waals surface area contributed by atoms with E-state index in [0.29, 0.717) is 27.5 Å². The SMILES string of the molecule is CCCC(=O)c1ccc(-c2ncccc2S(=O)(=O)N(C(=O)OCC(C)C)c2ncc(C)nc2OC)cc1. The highest BCUT2D eigenvalue weighted by Crippen LogP contribution is 2.33. The highest BCUT2D eigenvalue weighted by molar-refractivity contribution is 7.93. The summed E-state index contributed by atoms with van der Waals surface area (Å²) in [5.41, 5.74) is 1.53. The van der Waals surface area contributed by atoms with Crippen molar-refractivity contribution in [2.45, 2.75) is 45.4 Å². The monoisotopic (exact) mass is 526 g/mol. The number of pyridine rings is 1. The fraction of sp³-hybridized carbons (Fsp3) is 0.346. The minimum absolute atomic E-state index is 0.00738. The third kappa shape index (κ3) is 6.29. The van der Waals surface area contributed by atoms with E-state index in [4.69, 9.17) is 9.47 Å². The summed E-state index contributed by atoms with van der Waals surface area (Å²) in [5, 5.41) is 0. The molecule has 3 aromatic rings. The van der Waals surface area contributed by atoms with Crippen LogP contribution < -0.4 is 9.04 Å². The van der Waals surface area contributed by atoms with Crippen LogP contribution in [0.1, 0.15) is 49.7 Å². The molecule has 0 aliphatic carbocycles. The molecule has 0 bridgehead atoms. The molecular weight excluding hydrogens is 496 g/mol. The second kappa shape index (κ2) is 11.9. The Morgan fingerprint density at radius 1 is 1.08 bits per heavy atom. The van der Waals surface area contributed by atoms with Gasteiger partial charge in [-0.05, 0) is 31.4 Å². The normalized spacial score (nSPS) is 11.3. The standard InChI is InChI=1S/C26H30N4O6S/c1-6-8-21(31)19-10-12-20(13-11-19)23-22(9-7-14-27-23)37(33,34)30(26(32)36-16-17(2)3)24-25(35-5)29-18(4)15-28-24/h7,9-15,17H,6,8,16H2,1-5H3. The van der Waals surface area contributed by atoms with Gasteiger partial charge < -0.3 is 9.47 Å². The topological polar surface area (TPSA) is 129 Å². The molecule has 0 saturated heterocycles. The Balaban J connectivity index is 2.15. The lowest BCUT2D eigenvalue weighted by Gasteiger charge is -2.23. The van der Waals surface area contributed by atoms with E-state index >= 15 is 0 Å². The molecule has 3 rings (SSSR count). The summed E-state index contributed by atoms with van der Waals surface area (Å²) in [7, 11) is -3.31. The molecule has 37 heavy (non-hydrogen) atoms. The molecule has 11 heteroatoms. The first-order valence-corrected chi connectivity index (χ1v) is 13.2. The van der Waals surface area contributed by atoms with Crippen LogP contribution in [0.5, 0.6) is 5.88 Å². The molecule has 2 aromatic heterocycles. The molecule has 0 atom stereocenters. The van der Waals surface area contributed by atoms with Gasteiger partial charge in [0.05, 0.1) is 31.3 Å². The molecule has 1 amide bonds. The number of nitrogens with zero attached hydrogens (tertiary/aromatic N) is 4. The van der Waals surface area contributed by atoms with E-state index in [1.165, 1.54) is 31.6 Å². The van der Waals surface area contributed by atoms with Crippen molar-refractivity contribution in [1.29, 1.82) is 0 Å². The van der Waals surface area contributed by atoms with Gasteiger partial charge in [0.25, 0.3) is 15.9 Å². The number of hydrogen-bond donors (Lipinski definition) is 0. The van der Waals surface area contributed by atoms with Crippen LogP contribution in [0.15, 0.2) is 53.7 Å². The third-order valence-corrected chi connectivity index (χ3v) is 6.87. The van der Waals surface area contributed by atoms with E-state index in [1.807, 2.05) is 20.8 Å². The quantitative estimate of drug-likeness (QED) is 0.341. The smallest absolute Gasteiger partial charge is 0.430 e. The van der Waals surface area contributed by atoms with Crippen molar-refractivity contribution < 1.29 is 27.5 Å². The molecule has 0 N–H and O–H groups in total. The Labute approximate surface area is 216 Å². The van der Waals surface area contributed by atoms with Crippen molar-refractivity contribution in [3.63, 3.8) is 0 Å². The average molecular weight is 527 g/mol. The zero-order valence-corrected chi connectivity index (χ0v) is 22.3. The Kier molecular flexibility index (Phi) is 8.93. The number of rotatable bonds is 10. The van der Waals surface area contributed by atoms with E-state index in [9.17, 15) is 18.0 Å². The van der Waals surface area contributed by atoms with E-state index in [0.717, 1.165) is 6.42 Å². The van der Waals surface area contributed by atoms with Crippen LogP contribution >= 0.6 is 0 Å². The fourth-order valence-electron chi connectivity index (χ4n) is 3.42. The largest absolute Gasteiger partial charge is 0.478 e. The predicted molar refractivity (Wildman–Crippen MR) is 138 cm³/mol. The highest BCUT2D eigenvalue weighted by Gasteiger charge is 2.38. The summed E-state index contributed by atoms with van der Waals surface area (Å²) >= 11 is 0. The maximum Gasteiger partial charge on any atom is 0.430 e. The first-order chi connectivity index (χ1) is 17.6. The number of aryl methyl sites for hydroxylation is 1. The number of aromatic nitrogens is 3. The number of carbonyl (C=O) groups excluding carboxylic acids is 2. The molecule has 0 saturated carbocycles. The number of anilines is 1. The molecule has 2 heterocycles.